The lowest BCUT2D eigenvalue weighted by Crippen LogP contribution is -2.36. The number of alkyl halides is 1. The molecule has 1 rings (SSSR count). The first-order valence-corrected chi connectivity index (χ1v) is 7.97. The number of hydrogen-bond donors (Lipinski definition) is 0. The summed E-state index contributed by atoms with van der Waals surface area (Å²) in [6.07, 6.45) is 0. The summed E-state index contributed by atoms with van der Waals surface area (Å²) in [6, 6.07) is 1.35. The van der Waals surface area contributed by atoms with E-state index < -0.39 is 10.0 Å². The van der Waals surface area contributed by atoms with E-state index in [4.69, 9.17) is 16.0 Å². The zero-order chi connectivity index (χ0) is 13.2. The van der Waals surface area contributed by atoms with Gasteiger partial charge in [-0.3, -0.25) is 0 Å². The molecule has 0 aliphatic rings. The van der Waals surface area contributed by atoms with Crippen molar-refractivity contribution in [3.63, 3.8) is 0 Å². The Morgan fingerprint density at radius 1 is 1.53 bits per heavy atom. The van der Waals surface area contributed by atoms with Gasteiger partial charge < -0.3 is 4.42 Å². The van der Waals surface area contributed by atoms with E-state index in [-0.39, 0.29) is 21.5 Å². The molecule has 98 valence electrons. The molecule has 1 heterocycles. The Hall–Kier alpha value is -0.0400. The van der Waals surface area contributed by atoms with Gasteiger partial charge in [0.1, 0.15) is 10.7 Å². The van der Waals surface area contributed by atoms with E-state index in [0.29, 0.717) is 12.3 Å². The van der Waals surface area contributed by atoms with Crippen molar-refractivity contribution >= 4 is 37.6 Å². The van der Waals surface area contributed by atoms with Crippen LogP contribution >= 0.6 is 27.5 Å². The summed E-state index contributed by atoms with van der Waals surface area (Å²) in [4.78, 5) is 0.128. The fourth-order valence-electron chi connectivity index (χ4n) is 1.58. The predicted molar refractivity (Wildman–Crippen MR) is 70.7 cm³/mol. The summed E-state index contributed by atoms with van der Waals surface area (Å²) in [5, 5.41) is 0. The molecule has 0 saturated heterocycles. The topological polar surface area (TPSA) is 50.5 Å². The van der Waals surface area contributed by atoms with E-state index in [1.54, 1.807) is 6.92 Å². The standard InChI is InChI=1S/C10H15BrClNO3S/c1-4-13(7(2)3)17(14,15)9-5-8(6-12)16-10(9)11/h5,7H,4,6H2,1-3H3. The second-order valence-corrected chi connectivity index (χ2v) is 6.63. The van der Waals surface area contributed by atoms with Gasteiger partial charge in [-0.25, -0.2) is 8.42 Å². The minimum absolute atomic E-state index is 0.105. The van der Waals surface area contributed by atoms with Gasteiger partial charge in [0.25, 0.3) is 0 Å². The molecule has 0 N–H and O–H groups in total. The minimum atomic E-state index is -3.54. The maximum atomic E-state index is 12.3. The number of nitrogens with zero attached hydrogens (tertiary/aromatic N) is 1. The van der Waals surface area contributed by atoms with E-state index in [9.17, 15) is 8.42 Å². The largest absolute Gasteiger partial charge is 0.452 e. The Morgan fingerprint density at radius 3 is 2.47 bits per heavy atom. The summed E-state index contributed by atoms with van der Waals surface area (Å²) in [5.74, 6) is 0.569. The molecule has 1 aromatic rings. The van der Waals surface area contributed by atoms with E-state index in [0.717, 1.165) is 0 Å². The third-order valence-electron chi connectivity index (χ3n) is 2.31. The predicted octanol–water partition coefficient (Wildman–Crippen LogP) is 3.20. The molecule has 0 fully saturated rings. The normalized spacial score (nSPS) is 12.6. The van der Waals surface area contributed by atoms with Crippen molar-refractivity contribution < 1.29 is 12.8 Å². The van der Waals surface area contributed by atoms with Crippen LogP contribution in [0.4, 0.5) is 0 Å². The Morgan fingerprint density at radius 2 is 2.12 bits per heavy atom. The molecule has 4 nitrogen and oxygen atoms in total. The molecular weight excluding hydrogens is 330 g/mol. The van der Waals surface area contributed by atoms with Gasteiger partial charge >= 0.3 is 0 Å². The van der Waals surface area contributed by atoms with Crippen molar-refractivity contribution in [3.05, 3.63) is 16.5 Å². The van der Waals surface area contributed by atoms with Crippen LogP contribution < -0.4 is 0 Å². The number of furan rings is 1. The van der Waals surface area contributed by atoms with Crippen LogP contribution in [0.3, 0.4) is 0 Å². The van der Waals surface area contributed by atoms with Crippen LogP contribution in [0.1, 0.15) is 26.5 Å². The molecule has 0 amide bonds. The van der Waals surface area contributed by atoms with Gasteiger partial charge in [0.05, 0.1) is 5.88 Å². The fourth-order valence-corrected chi connectivity index (χ4v) is 4.32. The van der Waals surface area contributed by atoms with Crippen molar-refractivity contribution in [1.82, 2.24) is 4.31 Å². The highest BCUT2D eigenvalue weighted by Crippen LogP contribution is 2.30. The van der Waals surface area contributed by atoms with Gasteiger partial charge in [-0.15, -0.1) is 11.6 Å². The Kier molecular flexibility index (Phi) is 5.07. The molecule has 0 spiro atoms. The molecule has 0 radical (unpaired) electrons. The number of hydrogen-bond acceptors (Lipinski definition) is 3. The lowest BCUT2D eigenvalue weighted by molar-refractivity contribution is 0.368. The van der Waals surface area contributed by atoms with Crippen molar-refractivity contribution in [1.29, 1.82) is 0 Å². The number of sulfonamides is 1. The highest BCUT2D eigenvalue weighted by molar-refractivity contribution is 9.10. The van der Waals surface area contributed by atoms with Crippen LogP contribution in [0.15, 0.2) is 20.0 Å². The molecular formula is C10H15BrClNO3S. The van der Waals surface area contributed by atoms with Crippen LogP contribution in [0.5, 0.6) is 0 Å². The molecule has 0 unspecified atom stereocenters. The molecule has 0 atom stereocenters. The van der Waals surface area contributed by atoms with Crippen molar-refractivity contribution in [2.45, 2.75) is 37.6 Å². The third-order valence-corrected chi connectivity index (χ3v) is 5.58. The minimum Gasteiger partial charge on any atom is -0.452 e. The Labute approximate surface area is 115 Å². The van der Waals surface area contributed by atoms with Gasteiger partial charge in [0.2, 0.25) is 10.0 Å². The summed E-state index contributed by atoms with van der Waals surface area (Å²) < 4.78 is 31.5. The van der Waals surface area contributed by atoms with Gasteiger partial charge in [-0.2, -0.15) is 4.31 Å². The van der Waals surface area contributed by atoms with E-state index >= 15 is 0 Å². The fraction of sp³-hybridized carbons (Fsp3) is 0.600. The second kappa shape index (κ2) is 5.73. The SMILES string of the molecule is CCN(C(C)C)S(=O)(=O)c1cc(CCl)oc1Br. The van der Waals surface area contributed by atoms with Gasteiger partial charge in [0.15, 0.2) is 4.67 Å². The first-order chi connectivity index (χ1) is 7.84. The molecule has 0 aliphatic heterocycles. The number of halogens is 2. The second-order valence-electron chi connectivity index (χ2n) is 3.79. The lowest BCUT2D eigenvalue weighted by atomic mass is 10.4. The van der Waals surface area contributed by atoms with Crippen LogP contribution in [0.2, 0.25) is 0 Å². The average molecular weight is 345 g/mol. The van der Waals surface area contributed by atoms with Crippen molar-refractivity contribution in [2.75, 3.05) is 6.54 Å². The van der Waals surface area contributed by atoms with E-state index in [2.05, 4.69) is 15.9 Å². The maximum absolute atomic E-state index is 12.3. The van der Waals surface area contributed by atoms with E-state index in [1.165, 1.54) is 10.4 Å². The Bertz CT molecular complexity index is 484. The van der Waals surface area contributed by atoms with Crippen LogP contribution in [-0.4, -0.2) is 25.3 Å². The van der Waals surface area contributed by atoms with Gasteiger partial charge in [-0.05, 0) is 29.8 Å². The zero-order valence-electron chi connectivity index (χ0n) is 9.91. The lowest BCUT2D eigenvalue weighted by Gasteiger charge is -2.23. The highest BCUT2D eigenvalue weighted by atomic mass is 79.9. The summed E-state index contributed by atoms with van der Waals surface area (Å²) in [6.45, 7) is 5.87. The average Bonchev–Trinajstić information content (AvgIpc) is 2.60. The molecule has 17 heavy (non-hydrogen) atoms. The quantitative estimate of drug-likeness (QED) is 0.771. The molecule has 0 aromatic carbocycles. The molecule has 1 aromatic heterocycles. The third kappa shape index (κ3) is 3.05. The van der Waals surface area contributed by atoms with Crippen molar-refractivity contribution in [3.8, 4) is 0 Å². The van der Waals surface area contributed by atoms with Crippen molar-refractivity contribution in [2.24, 2.45) is 0 Å². The van der Waals surface area contributed by atoms with Crippen LogP contribution in [0, 0.1) is 0 Å². The molecule has 7 heteroatoms. The Balaban J connectivity index is 3.24. The highest BCUT2D eigenvalue weighted by Gasteiger charge is 2.30. The summed E-state index contributed by atoms with van der Waals surface area (Å²) in [7, 11) is -3.54. The maximum Gasteiger partial charge on any atom is 0.247 e. The van der Waals surface area contributed by atoms with Gasteiger partial charge in [0, 0.05) is 18.7 Å². The monoisotopic (exact) mass is 343 g/mol. The zero-order valence-corrected chi connectivity index (χ0v) is 13.1. The smallest absolute Gasteiger partial charge is 0.247 e. The van der Waals surface area contributed by atoms with Crippen LogP contribution in [0.25, 0.3) is 0 Å². The van der Waals surface area contributed by atoms with Gasteiger partial charge in [-0.1, -0.05) is 6.92 Å². The molecule has 0 bridgehead atoms. The first-order valence-electron chi connectivity index (χ1n) is 5.20. The first kappa shape index (κ1) is 15.0. The summed E-state index contributed by atoms with van der Waals surface area (Å²) in [5.41, 5.74) is 0. The summed E-state index contributed by atoms with van der Waals surface area (Å²) >= 11 is 8.72. The van der Waals surface area contributed by atoms with E-state index in [1.807, 2.05) is 13.8 Å². The molecule has 0 aliphatic carbocycles. The van der Waals surface area contributed by atoms with Crippen LogP contribution in [-0.2, 0) is 15.9 Å². The number of rotatable bonds is 5. The molecule has 0 saturated carbocycles.